The third-order valence-electron chi connectivity index (χ3n) is 2.47. The molecule has 1 nitrogen and oxygen atoms in total. The molecular weight excluding hydrogens is 204 g/mol. The Balaban J connectivity index is 2.39. The van der Waals surface area contributed by atoms with E-state index in [2.05, 4.69) is 30.5 Å². The van der Waals surface area contributed by atoms with Gasteiger partial charge in [0, 0.05) is 11.1 Å². The van der Waals surface area contributed by atoms with Crippen LogP contribution in [0.1, 0.15) is 25.0 Å². The number of hydrogen-bond acceptors (Lipinski definition) is 2. The first kappa shape index (κ1) is 10.7. The summed E-state index contributed by atoms with van der Waals surface area (Å²) in [4.78, 5) is 0. The van der Waals surface area contributed by atoms with Crippen molar-refractivity contribution < 1.29 is 5.11 Å². The van der Waals surface area contributed by atoms with Gasteiger partial charge in [-0.25, -0.2) is 0 Å². The van der Waals surface area contributed by atoms with Gasteiger partial charge in [-0.15, -0.1) is 11.3 Å². The molecule has 2 aromatic rings. The van der Waals surface area contributed by atoms with Crippen molar-refractivity contribution in [2.45, 2.75) is 32.8 Å². The van der Waals surface area contributed by atoms with Gasteiger partial charge in [-0.3, -0.25) is 0 Å². The van der Waals surface area contributed by atoms with Gasteiger partial charge in [0.15, 0.2) is 0 Å². The molecule has 0 bridgehead atoms. The van der Waals surface area contributed by atoms with Crippen molar-refractivity contribution in [3.8, 4) is 0 Å². The molecule has 0 aliphatic carbocycles. The van der Waals surface area contributed by atoms with Crippen LogP contribution in [0.25, 0.3) is 10.1 Å². The fourth-order valence-corrected chi connectivity index (χ4v) is 2.82. The van der Waals surface area contributed by atoms with E-state index in [0.717, 1.165) is 0 Å². The van der Waals surface area contributed by atoms with Crippen LogP contribution in [0.2, 0.25) is 0 Å². The summed E-state index contributed by atoms with van der Waals surface area (Å²) in [5.74, 6) is 0. The summed E-state index contributed by atoms with van der Waals surface area (Å²) < 4.78 is 1.31. The standard InChI is InChI=1S/C13H16OS/c1-9-8-15-12-6-10(4-5-11(9)12)7-13(2,3)14/h4-6,8,14H,7H2,1-3H3. The molecular formula is C13H16OS. The third kappa shape index (κ3) is 2.39. The van der Waals surface area contributed by atoms with Gasteiger partial charge in [-0.1, -0.05) is 12.1 Å². The highest BCUT2D eigenvalue weighted by Crippen LogP contribution is 2.27. The monoisotopic (exact) mass is 220 g/mol. The van der Waals surface area contributed by atoms with Gasteiger partial charge >= 0.3 is 0 Å². The van der Waals surface area contributed by atoms with Crippen molar-refractivity contribution in [3.05, 3.63) is 34.7 Å². The van der Waals surface area contributed by atoms with Gasteiger partial charge in [-0.05, 0) is 48.7 Å². The summed E-state index contributed by atoms with van der Waals surface area (Å²) >= 11 is 1.77. The van der Waals surface area contributed by atoms with Crippen molar-refractivity contribution in [3.63, 3.8) is 0 Å². The number of aryl methyl sites for hydroxylation is 1. The molecule has 0 spiro atoms. The van der Waals surface area contributed by atoms with Crippen molar-refractivity contribution in [2.75, 3.05) is 0 Å². The van der Waals surface area contributed by atoms with Crippen LogP contribution in [0.4, 0.5) is 0 Å². The summed E-state index contributed by atoms with van der Waals surface area (Å²) in [6.07, 6.45) is 0.708. The number of aliphatic hydroxyl groups is 1. The van der Waals surface area contributed by atoms with E-state index in [9.17, 15) is 5.11 Å². The molecule has 0 radical (unpaired) electrons. The van der Waals surface area contributed by atoms with Crippen LogP contribution in [0.3, 0.4) is 0 Å². The Bertz CT molecular complexity index is 477. The molecule has 1 aromatic carbocycles. The van der Waals surface area contributed by atoms with E-state index in [1.807, 2.05) is 13.8 Å². The zero-order valence-electron chi connectivity index (χ0n) is 9.37. The molecule has 2 heteroatoms. The second-order valence-corrected chi connectivity index (χ2v) is 5.65. The molecule has 0 amide bonds. The predicted molar refractivity (Wildman–Crippen MR) is 66.6 cm³/mol. The SMILES string of the molecule is Cc1csc2cc(CC(C)(C)O)ccc12. The molecule has 80 valence electrons. The minimum Gasteiger partial charge on any atom is -0.390 e. The van der Waals surface area contributed by atoms with Gasteiger partial charge in [-0.2, -0.15) is 0 Å². The molecule has 0 atom stereocenters. The molecule has 15 heavy (non-hydrogen) atoms. The summed E-state index contributed by atoms with van der Waals surface area (Å²) in [6, 6.07) is 6.45. The predicted octanol–water partition coefficient (Wildman–Crippen LogP) is 3.52. The lowest BCUT2D eigenvalue weighted by molar-refractivity contribution is 0.0810. The van der Waals surface area contributed by atoms with E-state index < -0.39 is 5.60 Å². The lowest BCUT2D eigenvalue weighted by atomic mass is 9.98. The van der Waals surface area contributed by atoms with Gasteiger partial charge in [0.05, 0.1) is 5.60 Å². The highest BCUT2D eigenvalue weighted by atomic mass is 32.1. The summed E-state index contributed by atoms with van der Waals surface area (Å²) in [5, 5.41) is 13.3. The Labute approximate surface area is 94.4 Å². The largest absolute Gasteiger partial charge is 0.390 e. The fraction of sp³-hybridized carbons (Fsp3) is 0.385. The lowest BCUT2D eigenvalue weighted by Crippen LogP contribution is -2.21. The van der Waals surface area contributed by atoms with Gasteiger partial charge < -0.3 is 5.11 Å². The van der Waals surface area contributed by atoms with Gasteiger partial charge in [0.2, 0.25) is 0 Å². The van der Waals surface area contributed by atoms with Crippen LogP contribution >= 0.6 is 11.3 Å². The summed E-state index contributed by atoms with van der Waals surface area (Å²) in [7, 11) is 0. The minimum absolute atomic E-state index is 0.625. The molecule has 0 aliphatic heterocycles. The molecule has 0 saturated heterocycles. The Morgan fingerprint density at radius 3 is 2.73 bits per heavy atom. The Morgan fingerprint density at radius 2 is 2.07 bits per heavy atom. The average molecular weight is 220 g/mol. The van der Waals surface area contributed by atoms with E-state index in [1.54, 1.807) is 11.3 Å². The summed E-state index contributed by atoms with van der Waals surface area (Å²) in [5.41, 5.74) is 1.92. The maximum atomic E-state index is 9.75. The average Bonchev–Trinajstić information content (AvgIpc) is 2.45. The highest BCUT2D eigenvalue weighted by molar-refractivity contribution is 7.17. The van der Waals surface area contributed by atoms with Gasteiger partial charge in [0.25, 0.3) is 0 Å². The zero-order chi connectivity index (χ0) is 11.1. The fourth-order valence-electron chi connectivity index (χ4n) is 1.81. The molecule has 2 rings (SSSR count). The highest BCUT2D eigenvalue weighted by Gasteiger charge is 2.13. The minimum atomic E-state index is -0.625. The molecule has 0 unspecified atom stereocenters. The second kappa shape index (κ2) is 3.62. The van der Waals surface area contributed by atoms with Crippen molar-refractivity contribution >= 4 is 21.4 Å². The van der Waals surface area contributed by atoms with Crippen molar-refractivity contribution in [1.82, 2.24) is 0 Å². The molecule has 1 heterocycles. The molecule has 1 N–H and O–H groups in total. The Morgan fingerprint density at radius 1 is 1.33 bits per heavy atom. The van der Waals surface area contributed by atoms with Crippen LogP contribution in [-0.2, 0) is 6.42 Å². The quantitative estimate of drug-likeness (QED) is 0.821. The zero-order valence-corrected chi connectivity index (χ0v) is 10.2. The Hall–Kier alpha value is -0.860. The number of benzene rings is 1. The third-order valence-corrected chi connectivity index (χ3v) is 3.53. The maximum Gasteiger partial charge on any atom is 0.0631 e. The van der Waals surface area contributed by atoms with E-state index in [0.29, 0.717) is 6.42 Å². The van der Waals surface area contributed by atoms with Crippen molar-refractivity contribution in [2.24, 2.45) is 0 Å². The van der Waals surface area contributed by atoms with E-state index >= 15 is 0 Å². The van der Waals surface area contributed by atoms with Crippen LogP contribution < -0.4 is 0 Å². The van der Waals surface area contributed by atoms with Crippen LogP contribution in [0.5, 0.6) is 0 Å². The first-order chi connectivity index (χ1) is 6.96. The van der Waals surface area contributed by atoms with Crippen LogP contribution in [0.15, 0.2) is 23.6 Å². The normalized spacial score (nSPS) is 12.3. The smallest absolute Gasteiger partial charge is 0.0631 e. The van der Waals surface area contributed by atoms with Gasteiger partial charge in [0.1, 0.15) is 0 Å². The van der Waals surface area contributed by atoms with E-state index in [-0.39, 0.29) is 0 Å². The maximum absolute atomic E-state index is 9.75. The molecule has 0 fully saturated rings. The van der Waals surface area contributed by atoms with Crippen LogP contribution in [-0.4, -0.2) is 10.7 Å². The molecule has 0 saturated carbocycles. The molecule has 1 aromatic heterocycles. The lowest BCUT2D eigenvalue weighted by Gasteiger charge is -2.16. The number of fused-ring (bicyclic) bond motifs is 1. The number of hydrogen-bond donors (Lipinski definition) is 1. The summed E-state index contributed by atoms with van der Waals surface area (Å²) in [6.45, 7) is 5.82. The first-order valence-corrected chi connectivity index (χ1v) is 6.03. The second-order valence-electron chi connectivity index (χ2n) is 4.74. The first-order valence-electron chi connectivity index (χ1n) is 5.15. The number of rotatable bonds is 2. The topological polar surface area (TPSA) is 20.2 Å². The van der Waals surface area contributed by atoms with Crippen molar-refractivity contribution in [1.29, 1.82) is 0 Å². The number of thiophene rings is 1. The molecule has 0 aliphatic rings. The van der Waals surface area contributed by atoms with E-state index in [1.165, 1.54) is 21.2 Å². The Kier molecular flexibility index (Phi) is 2.57. The van der Waals surface area contributed by atoms with E-state index in [4.69, 9.17) is 0 Å². The van der Waals surface area contributed by atoms with Crippen LogP contribution in [0, 0.1) is 6.92 Å².